The zero-order chi connectivity index (χ0) is 12.0. The van der Waals surface area contributed by atoms with Gasteiger partial charge in [-0.05, 0) is 30.5 Å². The molecule has 0 aliphatic heterocycles. The first-order valence-electron chi connectivity index (χ1n) is 5.24. The van der Waals surface area contributed by atoms with Crippen molar-refractivity contribution < 1.29 is 4.79 Å². The highest BCUT2D eigenvalue weighted by Crippen LogP contribution is 2.12. The quantitative estimate of drug-likeness (QED) is 0.784. The van der Waals surface area contributed by atoms with Crippen LogP contribution < -0.4 is 5.32 Å². The molecule has 16 heavy (non-hydrogen) atoms. The van der Waals surface area contributed by atoms with Crippen molar-refractivity contribution in [3.63, 3.8) is 0 Å². The molecule has 0 spiro atoms. The highest BCUT2D eigenvalue weighted by Gasteiger charge is 2.08. The number of hydrogen-bond donors (Lipinski definition) is 1. The average molecular weight is 238 g/mol. The number of hydrogen-bond acceptors (Lipinski definition) is 1. The molecule has 1 aromatic carbocycles. The third kappa shape index (κ3) is 4.49. The second kappa shape index (κ2) is 6.33. The number of amides is 1. The van der Waals surface area contributed by atoms with E-state index in [9.17, 15) is 4.79 Å². The second-order valence-electron chi connectivity index (χ2n) is 3.75. The Morgan fingerprint density at radius 3 is 2.62 bits per heavy atom. The minimum absolute atomic E-state index is 0.0131. The molecule has 1 amide bonds. The Bertz CT molecular complexity index is 359. The molecule has 0 radical (unpaired) electrons. The van der Waals surface area contributed by atoms with Crippen molar-refractivity contribution >= 4 is 17.5 Å². The lowest BCUT2D eigenvalue weighted by molar-refractivity contribution is -0.119. The van der Waals surface area contributed by atoms with Gasteiger partial charge in [0.2, 0.25) is 5.91 Å². The maximum atomic E-state index is 11.0. The maximum absolute atomic E-state index is 11.0. The lowest BCUT2D eigenvalue weighted by atomic mass is 10.0. The summed E-state index contributed by atoms with van der Waals surface area (Å²) in [4.78, 5) is 11.0. The fraction of sp³-hybridized carbons (Fsp3) is 0.308. The fourth-order valence-electron chi connectivity index (χ4n) is 1.59. The van der Waals surface area contributed by atoms with Crippen molar-refractivity contribution in [2.75, 3.05) is 0 Å². The molecule has 0 bridgehead atoms. The summed E-state index contributed by atoms with van der Waals surface area (Å²) in [7, 11) is 0. The summed E-state index contributed by atoms with van der Waals surface area (Å²) >= 11 is 5.81. The van der Waals surface area contributed by atoms with Gasteiger partial charge in [0, 0.05) is 18.0 Å². The molecule has 1 N–H and O–H groups in total. The monoisotopic (exact) mass is 237 g/mol. The van der Waals surface area contributed by atoms with Crippen LogP contribution in [0.2, 0.25) is 5.02 Å². The Hall–Kier alpha value is -1.28. The van der Waals surface area contributed by atoms with Crippen LogP contribution in [0.3, 0.4) is 0 Å². The maximum Gasteiger partial charge on any atom is 0.217 e. The lowest BCUT2D eigenvalue weighted by Crippen LogP contribution is -2.34. The Morgan fingerprint density at radius 2 is 2.12 bits per heavy atom. The Kier molecular flexibility index (Phi) is 5.06. The van der Waals surface area contributed by atoms with Crippen molar-refractivity contribution in [2.24, 2.45) is 0 Å². The van der Waals surface area contributed by atoms with E-state index in [1.165, 1.54) is 6.92 Å². The first-order chi connectivity index (χ1) is 7.61. The van der Waals surface area contributed by atoms with Crippen LogP contribution in [-0.4, -0.2) is 11.9 Å². The molecule has 0 saturated carbocycles. The van der Waals surface area contributed by atoms with Gasteiger partial charge < -0.3 is 5.32 Å². The minimum Gasteiger partial charge on any atom is -0.353 e. The zero-order valence-electron chi connectivity index (χ0n) is 9.37. The van der Waals surface area contributed by atoms with E-state index in [4.69, 9.17) is 11.6 Å². The predicted octanol–water partition coefficient (Wildman–Crippen LogP) is 2.96. The van der Waals surface area contributed by atoms with Crippen LogP contribution in [0.5, 0.6) is 0 Å². The highest BCUT2D eigenvalue weighted by molar-refractivity contribution is 6.30. The Balaban J connectivity index is 2.63. The molecule has 1 unspecified atom stereocenters. The molecule has 0 fully saturated rings. The predicted molar refractivity (Wildman–Crippen MR) is 67.6 cm³/mol. The molecule has 3 heteroatoms. The largest absolute Gasteiger partial charge is 0.353 e. The van der Waals surface area contributed by atoms with Gasteiger partial charge >= 0.3 is 0 Å². The number of rotatable bonds is 5. The van der Waals surface area contributed by atoms with Crippen LogP contribution in [0.25, 0.3) is 0 Å². The van der Waals surface area contributed by atoms with Gasteiger partial charge in [0.25, 0.3) is 0 Å². The van der Waals surface area contributed by atoms with E-state index in [-0.39, 0.29) is 11.9 Å². The van der Waals surface area contributed by atoms with Crippen LogP contribution in [-0.2, 0) is 11.2 Å². The summed E-state index contributed by atoms with van der Waals surface area (Å²) in [5.74, 6) is -0.0131. The molecule has 0 aromatic heterocycles. The van der Waals surface area contributed by atoms with Crippen LogP contribution in [0.15, 0.2) is 36.9 Å². The van der Waals surface area contributed by atoms with Crippen molar-refractivity contribution in [2.45, 2.75) is 25.8 Å². The van der Waals surface area contributed by atoms with Crippen molar-refractivity contribution in [1.82, 2.24) is 5.32 Å². The standard InChI is InChI=1S/C13H16ClNO/c1-3-4-13(15-10(2)16)9-11-5-7-12(14)8-6-11/h3,5-8,13H,1,4,9H2,2H3,(H,15,16). The van der Waals surface area contributed by atoms with E-state index < -0.39 is 0 Å². The Labute approximate surface area is 101 Å². The number of benzene rings is 1. The molecule has 0 saturated heterocycles. The summed E-state index contributed by atoms with van der Waals surface area (Å²) in [6.45, 7) is 5.22. The molecule has 0 heterocycles. The molecule has 1 aromatic rings. The Morgan fingerprint density at radius 1 is 1.50 bits per heavy atom. The summed E-state index contributed by atoms with van der Waals surface area (Å²) < 4.78 is 0. The van der Waals surface area contributed by atoms with E-state index in [2.05, 4.69) is 11.9 Å². The summed E-state index contributed by atoms with van der Waals surface area (Å²) in [6, 6.07) is 7.77. The van der Waals surface area contributed by atoms with Gasteiger partial charge in [-0.1, -0.05) is 29.8 Å². The van der Waals surface area contributed by atoms with E-state index in [0.717, 1.165) is 23.4 Å². The second-order valence-corrected chi connectivity index (χ2v) is 4.19. The van der Waals surface area contributed by atoms with E-state index in [1.807, 2.05) is 30.3 Å². The fourth-order valence-corrected chi connectivity index (χ4v) is 1.71. The molecular weight excluding hydrogens is 222 g/mol. The molecule has 0 aliphatic rings. The van der Waals surface area contributed by atoms with Gasteiger partial charge in [-0.2, -0.15) is 0 Å². The lowest BCUT2D eigenvalue weighted by Gasteiger charge is -2.16. The average Bonchev–Trinajstić information content (AvgIpc) is 2.21. The van der Waals surface area contributed by atoms with Gasteiger partial charge in [0.1, 0.15) is 0 Å². The van der Waals surface area contributed by atoms with Gasteiger partial charge in [0.05, 0.1) is 0 Å². The first kappa shape index (κ1) is 12.8. The molecular formula is C13H16ClNO. The number of carbonyl (C=O) groups is 1. The van der Waals surface area contributed by atoms with Gasteiger partial charge in [-0.3, -0.25) is 4.79 Å². The van der Waals surface area contributed by atoms with Crippen LogP contribution in [0.4, 0.5) is 0 Å². The van der Waals surface area contributed by atoms with Crippen molar-refractivity contribution in [3.05, 3.63) is 47.5 Å². The zero-order valence-corrected chi connectivity index (χ0v) is 10.1. The summed E-state index contributed by atoms with van der Waals surface area (Å²) in [5, 5.41) is 3.63. The van der Waals surface area contributed by atoms with Gasteiger partial charge in [-0.15, -0.1) is 6.58 Å². The SMILES string of the molecule is C=CCC(Cc1ccc(Cl)cc1)NC(C)=O. The third-order valence-corrected chi connectivity index (χ3v) is 2.51. The van der Waals surface area contributed by atoms with Crippen molar-refractivity contribution in [1.29, 1.82) is 0 Å². The number of halogens is 1. The molecule has 1 atom stereocenters. The van der Waals surface area contributed by atoms with E-state index in [0.29, 0.717) is 0 Å². The van der Waals surface area contributed by atoms with Crippen molar-refractivity contribution in [3.8, 4) is 0 Å². The minimum atomic E-state index is -0.0131. The highest BCUT2D eigenvalue weighted by atomic mass is 35.5. The van der Waals surface area contributed by atoms with Gasteiger partial charge in [-0.25, -0.2) is 0 Å². The molecule has 1 rings (SSSR count). The smallest absolute Gasteiger partial charge is 0.217 e. The van der Waals surface area contributed by atoms with Gasteiger partial charge in [0.15, 0.2) is 0 Å². The summed E-state index contributed by atoms with van der Waals surface area (Å²) in [6.07, 6.45) is 3.38. The molecule has 86 valence electrons. The van der Waals surface area contributed by atoms with E-state index >= 15 is 0 Å². The van der Waals surface area contributed by atoms with Crippen LogP contribution >= 0.6 is 11.6 Å². The molecule has 0 aliphatic carbocycles. The molecule has 2 nitrogen and oxygen atoms in total. The third-order valence-electron chi connectivity index (χ3n) is 2.25. The first-order valence-corrected chi connectivity index (χ1v) is 5.62. The number of nitrogens with one attached hydrogen (secondary N) is 1. The van der Waals surface area contributed by atoms with E-state index in [1.54, 1.807) is 0 Å². The summed E-state index contributed by atoms with van der Waals surface area (Å²) in [5.41, 5.74) is 1.16. The van der Waals surface area contributed by atoms with Crippen LogP contribution in [0, 0.1) is 0 Å². The normalized spacial score (nSPS) is 11.9. The topological polar surface area (TPSA) is 29.1 Å². The van der Waals surface area contributed by atoms with Crippen LogP contribution in [0.1, 0.15) is 18.9 Å². The number of carbonyl (C=O) groups excluding carboxylic acids is 1.